The molecule has 9 nitrogen and oxygen atoms in total. The maximum atomic E-state index is 13.4. The number of alkyl carbamates (subject to hydrolysis) is 1. The first kappa shape index (κ1) is 27.9. The van der Waals surface area contributed by atoms with Gasteiger partial charge in [-0.2, -0.15) is 0 Å². The minimum Gasteiger partial charge on any atom is -0.468 e. The van der Waals surface area contributed by atoms with Crippen LogP contribution in [0.2, 0.25) is 0 Å². The quantitative estimate of drug-likeness (QED) is 0.545. The Kier molecular flexibility index (Phi) is 10.3. The number of ether oxygens (including phenoxy) is 2. The number of esters is 1. The Morgan fingerprint density at radius 3 is 2.12 bits per heavy atom. The van der Waals surface area contributed by atoms with Gasteiger partial charge in [0.2, 0.25) is 11.8 Å². The van der Waals surface area contributed by atoms with E-state index in [1.165, 1.54) is 19.1 Å². The Morgan fingerprint density at radius 1 is 1.06 bits per heavy atom. The van der Waals surface area contributed by atoms with E-state index in [4.69, 9.17) is 4.74 Å². The lowest BCUT2D eigenvalue weighted by Gasteiger charge is -2.32. The molecule has 2 N–H and O–H groups in total. The number of likely N-dealkylation sites (N-methyl/N-ethyl adjacent to an activating group) is 1. The van der Waals surface area contributed by atoms with Crippen molar-refractivity contribution in [2.24, 2.45) is 5.92 Å². The van der Waals surface area contributed by atoms with Crippen molar-refractivity contribution in [1.82, 2.24) is 15.5 Å². The van der Waals surface area contributed by atoms with Crippen LogP contribution in [-0.2, 0) is 23.9 Å². The molecule has 0 radical (unpaired) electrons. The van der Waals surface area contributed by atoms with Gasteiger partial charge in [0.05, 0.1) is 7.11 Å². The van der Waals surface area contributed by atoms with Crippen molar-refractivity contribution in [2.75, 3.05) is 20.7 Å². The normalized spacial score (nSPS) is 13.0. The molecule has 33 heavy (non-hydrogen) atoms. The number of hydrogen-bond donors (Lipinski definition) is 2. The highest BCUT2D eigenvalue weighted by molar-refractivity contribution is 5.93. The molecule has 2 atom stereocenters. The van der Waals surface area contributed by atoms with Crippen molar-refractivity contribution in [2.45, 2.75) is 65.6 Å². The van der Waals surface area contributed by atoms with Gasteiger partial charge in [-0.15, -0.1) is 0 Å². The number of rotatable bonds is 9. The number of carbonyl (C=O) groups excluding carboxylic acids is 4. The summed E-state index contributed by atoms with van der Waals surface area (Å²) in [5.74, 6) is -1.51. The van der Waals surface area contributed by atoms with Crippen LogP contribution < -0.4 is 10.6 Å². The van der Waals surface area contributed by atoms with Crippen molar-refractivity contribution in [3.8, 4) is 0 Å². The number of amides is 3. The van der Waals surface area contributed by atoms with Crippen LogP contribution in [0.5, 0.6) is 0 Å². The van der Waals surface area contributed by atoms with E-state index in [0.29, 0.717) is 12.0 Å². The summed E-state index contributed by atoms with van der Waals surface area (Å²) in [6, 6.07) is 5.25. The summed E-state index contributed by atoms with van der Waals surface area (Å²) >= 11 is 0. The van der Waals surface area contributed by atoms with Gasteiger partial charge in [-0.3, -0.25) is 14.4 Å². The largest absolute Gasteiger partial charge is 0.468 e. The molecule has 0 heterocycles. The van der Waals surface area contributed by atoms with Gasteiger partial charge in [-0.05, 0) is 45.6 Å². The second-order valence-electron chi connectivity index (χ2n) is 9.38. The van der Waals surface area contributed by atoms with E-state index in [2.05, 4.69) is 15.4 Å². The molecular formula is C24H37N3O6. The molecule has 1 aromatic carbocycles. The fourth-order valence-corrected chi connectivity index (χ4v) is 3.14. The van der Waals surface area contributed by atoms with Gasteiger partial charge in [-0.1, -0.05) is 43.7 Å². The number of benzene rings is 1. The highest BCUT2D eigenvalue weighted by atomic mass is 16.6. The monoisotopic (exact) mass is 463 g/mol. The lowest BCUT2D eigenvalue weighted by Crippen LogP contribution is -2.52. The molecule has 0 aliphatic carbocycles. The van der Waals surface area contributed by atoms with Crippen LogP contribution in [0.4, 0.5) is 4.79 Å². The summed E-state index contributed by atoms with van der Waals surface area (Å²) in [5, 5.41) is 5.16. The molecule has 3 amide bonds. The Bertz CT molecular complexity index is 830. The maximum Gasteiger partial charge on any atom is 0.408 e. The summed E-state index contributed by atoms with van der Waals surface area (Å²) in [7, 11) is 2.72. The molecule has 0 saturated carbocycles. The summed E-state index contributed by atoms with van der Waals surface area (Å²) in [6.07, 6.45) is -0.357. The minimum absolute atomic E-state index is 0.0910. The SMILES string of the molecule is COC(=O)CNC(=O)C(c1ccc(C)cc1)N(C)C(=O)C(CC(C)C)NC(=O)OC(C)(C)C. The molecular weight excluding hydrogens is 426 g/mol. The minimum atomic E-state index is -1.02. The fourth-order valence-electron chi connectivity index (χ4n) is 3.14. The van der Waals surface area contributed by atoms with Crippen molar-refractivity contribution in [3.05, 3.63) is 35.4 Å². The van der Waals surface area contributed by atoms with Crippen molar-refractivity contribution in [1.29, 1.82) is 0 Å². The van der Waals surface area contributed by atoms with Crippen LogP contribution in [0.25, 0.3) is 0 Å². The first-order chi connectivity index (χ1) is 15.2. The Balaban J connectivity index is 3.21. The first-order valence-electron chi connectivity index (χ1n) is 10.9. The number of methoxy groups -OCH3 is 1. The van der Waals surface area contributed by atoms with Crippen LogP contribution in [0.15, 0.2) is 24.3 Å². The Labute approximate surface area is 196 Å². The van der Waals surface area contributed by atoms with Gasteiger partial charge in [0.15, 0.2) is 0 Å². The fraction of sp³-hybridized carbons (Fsp3) is 0.583. The molecule has 0 aliphatic rings. The van der Waals surface area contributed by atoms with E-state index in [-0.39, 0.29) is 12.5 Å². The molecule has 0 saturated heterocycles. The van der Waals surface area contributed by atoms with Gasteiger partial charge in [0.1, 0.15) is 24.2 Å². The molecule has 1 aromatic rings. The average molecular weight is 464 g/mol. The lowest BCUT2D eigenvalue weighted by atomic mass is 9.99. The second-order valence-corrected chi connectivity index (χ2v) is 9.38. The van der Waals surface area contributed by atoms with E-state index in [1.807, 2.05) is 32.9 Å². The van der Waals surface area contributed by atoms with Gasteiger partial charge in [0, 0.05) is 7.05 Å². The third kappa shape index (κ3) is 9.51. The molecule has 0 aromatic heterocycles. The zero-order valence-electron chi connectivity index (χ0n) is 20.9. The predicted molar refractivity (Wildman–Crippen MR) is 124 cm³/mol. The molecule has 0 spiro atoms. The zero-order chi connectivity index (χ0) is 25.3. The Morgan fingerprint density at radius 2 is 1.64 bits per heavy atom. The van der Waals surface area contributed by atoms with Crippen LogP contribution in [0, 0.1) is 12.8 Å². The van der Waals surface area contributed by atoms with Crippen LogP contribution in [0.3, 0.4) is 0 Å². The summed E-state index contributed by atoms with van der Waals surface area (Å²) in [6.45, 7) is 10.6. The van der Waals surface area contributed by atoms with Gasteiger partial charge >= 0.3 is 12.1 Å². The van der Waals surface area contributed by atoms with Crippen LogP contribution in [-0.4, -0.2) is 61.1 Å². The third-order valence-corrected chi connectivity index (χ3v) is 4.71. The number of carbonyl (C=O) groups is 4. The second kappa shape index (κ2) is 12.2. The van der Waals surface area contributed by atoms with Crippen molar-refractivity contribution in [3.63, 3.8) is 0 Å². The highest BCUT2D eigenvalue weighted by Crippen LogP contribution is 2.23. The van der Waals surface area contributed by atoms with Crippen molar-refractivity contribution < 1.29 is 28.7 Å². The Hall–Kier alpha value is -3.10. The summed E-state index contributed by atoms with van der Waals surface area (Å²) in [5.41, 5.74) is 0.838. The molecule has 1 rings (SSSR count). The van der Waals surface area contributed by atoms with E-state index < -0.39 is 41.6 Å². The summed E-state index contributed by atoms with van der Waals surface area (Å²) in [4.78, 5) is 51.6. The molecule has 0 bridgehead atoms. The van der Waals surface area contributed by atoms with E-state index in [0.717, 1.165) is 5.56 Å². The van der Waals surface area contributed by atoms with Gasteiger partial charge < -0.3 is 25.0 Å². The zero-order valence-corrected chi connectivity index (χ0v) is 20.9. The summed E-state index contributed by atoms with van der Waals surface area (Å²) < 4.78 is 9.89. The van der Waals surface area contributed by atoms with Gasteiger partial charge in [-0.25, -0.2) is 4.79 Å². The number of nitrogens with zero attached hydrogens (tertiary/aromatic N) is 1. The van der Waals surface area contributed by atoms with Crippen LogP contribution >= 0.6 is 0 Å². The molecule has 184 valence electrons. The van der Waals surface area contributed by atoms with Crippen LogP contribution in [0.1, 0.15) is 58.2 Å². The highest BCUT2D eigenvalue weighted by Gasteiger charge is 2.34. The van der Waals surface area contributed by atoms with Crippen molar-refractivity contribution >= 4 is 23.9 Å². The van der Waals surface area contributed by atoms with E-state index in [9.17, 15) is 19.2 Å². The first-order valence-corrected chi connectivity index (χ1v) is 10.9. The number of nitrogens with one attached hydrogen (secondary N) is 2. The number of aryl methyl sites for hydroxylation is 1. The lowest BCUT2D eigenvalue weighted by molar-refractivity contribution is -0.144. The number of hydrogen-bond acceptors (Lipinski definition) is 6. The standard InChI is InChI=1S/C24H37N3O6/c1-15(2)13-18(26-23(31)33-24(4,5)6)22(30)27(7)20(17-11-9-16(3)10-12-17)21(29)25-14-19(28)32-8/h9-12,15,18,20H,13-14H2,1-8H3,(H,25,29)(H,26,31). The topological polar surface area (TPSA) is 114 Å². The maximum absolute atomic E-state index is 13.4. The molecule has 0 fully saturated rings. The molecule has 9 heteroatoms. The van der Waals surface area contributed by atoms with E-state index in [1.54, 1.807) is 32.9 Å². The molecule has 2 unspecified atom stereocenters. The average Bonchev–Trinajstić information content (AvgIpc) is 2.70. The third-order valence-electron chi connectivity index (χ3n) is 4.71. The predicted octanol–water partition coefficient (Wildman–Crippen LogP) is 2.72. The van der Waals surface area contributed by atoms with E-state index >= 15 is 0 Å². The van der Waals surface area contributed by atoms with Gasteiger partial charge in [0.25, 0.3) is 0 Å². The molecule has 0 aliphatic heterocycles. The smallest absolute Gasteiger partial charge is 0.408 e.